The van der Waals surface area contributed by atoms with Gasteiger partial charge in [-0.15, -0.1) is 0 Å². The van der Waals surface area contributed by atoms with Gasteiger partial charge in [0.1, 0.15) is 5.75 Å². The summed E-state index contributed by atoms with van der Waals surface area (Å²) < 4.78 is 6.06. The van der Waals surface area contributed by atoms with E-state index in [1.807, 2.05) is 25.1 Å². The largest absolute Gasteiger partial charge is 0.497 e. The van der Waals surface area contributed by atoms with Crippen LogP contribution in [0.2, 0.25) is 0 Å². The van der Waals surface area contributed by atoms with Crippen LogP contribution in [0.15, 0.2) is 22.7 Å². The maximum atomic E-state index is 9.02. The van der Waals surface area contributed by atoms with E-state index in [9.17, 15) is 0 Å². The predicted molar refractivity (Wildman–Crippen MR) is 70.2 cm³/mol. The summed E-state index contributed by atoms with van der Waals surface area (Å²) >= 11 is 3.48. The molecule has 17 heavy (non-hydrogen) atoms. The van der Waals surface area contributed by atoms with Crippen LogP contribution in [0.3, 0.4) is 0 Å². The van der Waals surface area contributed by atoms with E-state index in [1.54, 1.807) is 7.11 Å². The minimum absolute atomic E-state index is 0.0274. The van der Waals surface area contributed by atoms with Gasteiger partial charge in [-0.25, -0.2) is 0 Å². The Morgan fingerprint density at radius 2 is 2.00 bits per heavy atom. The van der Waals surface area contributed by atoms with E-state index in [0.29, 0.717) is 0 Å². The fourth-order valence-corrected chi connectivity index (χ4v) is 2.29. The number of benzene rings is 1. The lowest BCUT2D eigenvalue weighted by molar-refractivity contribution is 0.163. The van der Waals surface area contributed by atoms with Gasteiger partial charge in [0, 0.05) is 10.5 Å². The van der Waals surface area contributed by atoms with Gasteiger partial charge in [-0.2, -0.15) is 0 Å². The summed E-state index contributed by atoms with van der Waals surface area (Å²) in [7, 11) is 1.62. The SMILES string of the molecule is COc1ccc([C@H](C)NC(CO)CO)c(Br)c1. The van der Waals surface area contributed by atoms with E-state index in [0.717, 1.165) is 15.8 Å². The lowest BCUT2D eigenvalue weighted by Gasteiger charge is -2.21. The zero-order valence-corrected chi connectivity index (χ0v) is 11.6. The second kappa shape index (κ2) is 6.96. The first-order valence-electron chi connectivity index (χ1n) is 5.43. The molecule has 0 radical (unpaired) electrons. The van der Waals surface area contributed by atoms with Crippen molar-refractivity contribution in [2.45, 2.75) is 19.0 Å². The Balaban J connectivity index is 2.78. The smallest absolute Gasteiger partial charge is 0.120 e. The number of hydrogen-bond acceptors (Lipinski definition) is 4. The number of aliphatic hydroxyl groups excluding tert-OH is 2. The molecule has 0 bridgehead atoms. The van der Waals surface area contributed by atoms with Crippen molar-refractivity contribution in [3.05, 3.63) is 28.2 Å². The Morgan fingerprint density at radius 3 is 2.47 bits per heavy atom. The summed E-state index contributed by atoms with van der Waals surface area (Å²) in [4.78, 5) is 0. The molecule has 0 heterocycles. The predicted octanol–water partition coefficient (Wildman–Crippen LogP) is 1.46. The molecule has 0 unspecified atom stereocenters. The number of halogens is 1. The summed E-state index contributed by atoms with van der Waals surface area (Å²) in [5.74, 6) is 0.786. The zero-order chi connectivity index (χ0) is 12.8. The molecule has 4 nitrogen and oxygen atoms in total. The Labute approximate surface area is 110 Å². The van der Waals surface area contributed by atoms with Crippen LogP contribution in [-0.4, -0.2) is 36.6 Å². The monoisotopic (exact) mass is 303 g/mol. The summed E-state index contributed by atoms with van der Waals surface area (Å²) in [5.41, 5.74) is 1.05. The van der Waals surface area contributed by atoms with Crippen LogP contribution in [0.4, 0.5) is 0 Å². The molecular weight excluding hydrogens is 286 g/mol. The van der Waals surface area contributed by atoms with Gasteiger partial charge in [-0.05, 0) is 24.6 Å². The maximum Gasteiger partial charge on any atom is 0.120 e. The van der Waals surface area contributed by atoms with Gasteiger partial charge < -0.3 is 20.3 Å². The number of methoxy groups -OCH3 is 1. The minimum atomic E-state index is -0.306. The number of nitrogens with one attached hydrogen (secondary N) is 1. The summed E-state index contributed by atoms with van der Waals surface area (Å²) in [6.45, 7) is 1.80. The lowest BCUT2D eigenvalue weighted by atomic mass is 10.1. The van der Waals surface area contributed by atoms with Crippen LogP contribution in [0, 0.1) is 0 Å². The Bertz CT molecular complexity index is 356. The molecule has 0 aliphatic heterocycles. The molecule has 0 saturated carbocycles. The fraction of sp³-hybridized carbons (Fsp3) is 0.500. The van der Waals surface area contributed by atoms with Crippen LogP contribution < -0.4 is 10.1 Å². The molecule has 0 aliphatic carbocycles. The number of ether oxygens (including phenoxy) is 1. The molecule has 3 N–H and O–H groups in total. The van der Waals surface area contributed by atoms with Crippen molar-refractivity contribution in [1.82, 2.24) is 5.32 Å². The summed E-state index contributed by atoms with van der Waals surface area (Å²) in [6, 6.07) is 5.44. The highest BCUT2D eigenvalue weighted by Crippen LogP contribution is 2.27. The Hall–Kier alpha value is -0.620. The van der Waals surface area contributed by atoms with E-state index in [2.05, 4.69) is 21.2 Å². The van der Waals surface area contributed by atoms with Crippen molar-refractivity contribution >= 4 is 15.9 Å². The standard InChI is InChI=1S/C12H18BrNO3/c1-8(14-9(6-15)7-16)11-4-3-10(17-2)5-12(11)13/h3-5,8-9,14-16H,6-7H2,1-2H3/t8-/m0/s1. The van der Waals surface area contributed by atoms with E-state index >= 15 is 0 Å². The van der Waals surface area contributed by atoms with Crippen molar-refractivity contribution in [1.29, 1.82) is 0 Å². The van der Waals surface area contributed by atoms with Crippen LogP contribution >= 0.6 is 15.9 Å². The Kier molecular flexibility index (Phi) is 5.91. The van der Waals surface area contributed by atoms with Crippen molar-refractivity contribution in [2.24, 2.45) is 0 Å². The lowest BCUT2D eigenvalue weighted by Crippen LogP contribution is -2.37. The van der Waals surface area contributed by atoms with Crippen LogP contribution in [0.25, 0.3) is 0 Å². The maximum absolute atomic E-state index is 9.02. The van der Waals surface area contributed by atoms with Gasteiger partial charge >= 0.3 is 0 Å². The molecule has 96 valence electrons. The van der Waals surface area contributed by atoms with Gasteiger partial charge in [0.15, 0.2) is 0 Å². The number of aliphatic hydroxyl groups is 2. The van der Waals surface area contributed by atoms with Gasteiger partial charge in [0.05, 0.1) is 26.4 Å². The molecule has 1 atom stereocenters. The second-order valence-electron chi connectivity index (χ2n) is 3.84. The third kappa shape index (κ3) is 3.96. The molecule has 1 aromatic rings. The summed E-state index contributed by atoms with van der Waals surface area (Å²) in [6.07, 6.45) is 0. The normalized spacial score (nSPS) is 12.8. The third-order valence-electron chi connectivity index (χ3n) is 2.60. The molecule has 0 saturated heterocycles. The highest BCUT2D eigenvalue weighted by atomic mass is 79.9. The van der Waals surface area contributed by atoms with E-state index in [-0.39, 0.29) is 25.3 Å². The molecule has 0 aromatic heterocycles. The average Bonchev–Trinajstić information content (AvgIpc) is 2.35. The highest BCUT2D eigenvalue weighted by Gasteiger charge is 2.14. The van der Waals surface area contributed by atoms with E-state index in [4.69, 9.17) is 14.9 Å². The third-order valence-corrected chi connectivity index (χ3v) is 3.29. The van der Waals surface area contributed by atoms with Crippen molar-refractivity contribution in [2.75, 3.05) is 20.3 Å². The fourth-order valence-electron chi connectivity index (χ4n) is 1.59. The van der Waals surface area contributed by atoms with Crippen molar-refractivity contribution in [3.8, 4) is 5.75 Å². The van der Waals surface area contributed by atoms with Crippen LogP contribution in [0.5, 0.6) is 5.75 Å². The van der Waals surface area contributed by atoms with Gasteiger partial charge in [0.25, 0.3) is 0 Å². The molecule has 0 fully saturated rings. The molecule has 0 aliphatic rings. The van der Waals surface area contributed by atoms with E-state index in [1.165, 1.54) is 0 Å². The number of hydrogen-bond donors (Lipinski definition) is 3. The molecule has 5 heteroatoms. The van der Waals surface area contributed by atoms with Gasteiger partial charge in [0.2, 0.25) is 0 Å². The second-order valence-corrected chi connectivity index (χ2v) is 4.69. The molecular formula is C12H18BrNO3. The molecule has 0 amide bonds. The number of rotatable bonds is 6. The van der Waals surface area contributed by atoms with Crippen molar-refractivity contribution in [3.63, 3.8) is 0 Å². The highest BCUT2D eigenvalue weighted by molar-refractivity contribution is 9.10. The van der Waals surface area contributed by atoms with Crippen LogP contribution in [0.1, 0.15) is 18.5 Å². The molecule has 1 rings (SSSR count). The molecule has 1 aromatic carbocycles. The van der Waals surface area contributed by atoms with Gasteiger partial charge in [-0.3, -0.25) is 0 Å². The molecule has 0 spiro atoms. The first-order valence-corrected chi connectivity index (χ1v) is 6.22. The first kappa shape index (κ1) is 14.4. The van der Waals surface area contributed by atoms with E-state index < -0.39 is 0 Å². The zero-order valence-electron chi connectivity index (χ0n) is 9.98. The van der Waals surface area contributed by atoms with Crippen molar-refractivity contribution < 1.29 is 14.9 Å². The topological polar surface area (TPSA) is 61.7 Å². The minimum Gasteiger partial charge on any atom is -0.497 e. The van der Waals surface area contributed by atoms with Crippen LogP contribution in [-0.2, 0) is 0 Å². The summed E-state index contributed by atoms with van der Waals surface area (Å²) in [5, 5.41) is 21.2. The Morgan fingerprint density at radius 1 is 1.35 bits per heavy atom. The van der Waals surface area contributed by atoms with Gasteiger partial charge in [-0.1, -0.05) is 22.0 Å². The quantitative estimate of drug-likeness (QED) is 0.745. The average molecular weight is 304 g/mol. The first-order chi connectivity index (χ1) is 8.12.